The van der Waals surface area contributed by atoms with Crippen molar-refractivity contribution in [1.29, 1.82) is 0 Å². The molecule has 5 rings (SSSR count). The van der Waals surface area contributed by atoms with Gasteiger partial charge >= 0.3 is 0 Å². The molecule has 1 atom stereocenters. The van der Waals surface area contributed by atoms with Gasteiger partial charge in [-0.15, -0.1) is 11.3 Å². The van der Waals surface area contributed by atoms with Gasteiger partial charge in [-0.25, -0.2) is 18.4 Å². The molecule has 2 aromatic carbocycles. The first-order valence-electron chi connectivity index (χ1n) is 11.8. The van der Waals surface area contributed by atoms with Crippen LogP contribution in [-0.2, 0) is 14.8 Å². The highest BCUT2D eigenvalue weighted by molar-refractivity contribution is 8.00. The summed E-state index contributed by atoms with van der Waals surface area (Å²) >= 11 is 2.91. The highest BCUT2D eigenvalue weighted by atomic mass is 32.2. The molecule has 1 N–H and O–H groups in total. The van der Waals surface area contributed by atoms with Crippen molar-refractivity contribution < 1.29 is 13.2 Å². The SMILES string of the molecule is C[C@H]1CCCCN1S(=O)(=O)c1ccc(NC(=O)CSc2ncnc3scc(-c4ccccc4)c23)cc1. The van der Waals surface area contributed by atoms with Crippen molar-refractivity contribution in [3.63, 3.8) is 0 Å². The van der Waals surface area contributed by atoms with E-state index >= 15 is 0 Å². The summed E-state index contributed by atoms with van der Waals surface area (Å²) in [5.74, 6) is -0.0230. The van der Waals surface area contributed by atoms with Crippen LogP contribution < -0.4 is 5.32 Å². The lowest BCUT2D eigenvalue weighted by Gasteiger charge is -2.32. The maximum Gasteiger partial charge on any atom is 0.243 e. The monoisotopic (exact) mass is 538 g/mol. The fraction of sp³-hybridized carbons (Fsp3) is 0.269. The minimum absolute atomic E-state index is 0.000879. The van der Waals surface area contributed by atoms with E-state index in [0.29, 0.717) is 12.2 Å². The zero-order valence-corrected chi connectivity index (χ0v) is 22.2. The normalized spacial score (nSPS) is 16.8. The summed E-state index contributed by atoms with van der Waals surface area (Å²) in [7, 11) is -3.54. The molecular formula is C26H26N4O3S3. The van der Waals surface area contributed by atoms with Crippen LogP contribution in [0.25, 0.3) is 21.3 Å². The maximum atomic E-state index is 13.0. The van der Waals surface area contributed by atoms with Crippen molar-refractivity contribution in [2.75, 3.05) is 17.6 Å². The van der Waals surface area contributed by atoms with E-state index < -0.39 is 10.0 Å². The maximum absolute atomic E-state index is 13.0. The summed E-state index contributed by atoms with van der Waals surface area (Å²) in [5.41, 5.74) is 2.69. The number of benzene rings is 2. The van der Waals surface area contributed by atoms with E-state index in [1.807, 2.05) is 37.3 Å². The van der Waals surface area contributed by atoms with Gasteiger partial charge in [-0.3, -0.25) is 4.79 Å². The highest BCUT2D eigenvalue weighted by Gasteiger charge is 2.30. The summed E-state index contributed by atoms with van der Waals surface area (Å²) in [4.78, 5) is 22.6. The molecule has 0 saturated carbocycles. The largest absolute Gasteiger partial charge is 0.325 e. The number of rotatable bonds is 7. The third-order valence-electron chi connectivity index (χ3n) is 6.25. The number of sulfonamides is 1. The van der Waals surface area contributed by atoms with Gasteiger partial charge in [0.2, 0.25) is 15.9 Å². The Balaban J connectivity index is 1.26. The molecule has 1 aliphatic rings. The number of hydrogen-bond donors (Lipinski definition) is 1. The van der Waals surface area contributed by atoms with E-state index in [1.54, 1.807) is 39.9 Å². The van der Waals surface area contributed by atoms with Gasteiger partial charge in [0.1, 0.15) is 16.2 Å². The summed E-state index contributed by atoms with van der Waals surface area (Å²) in [5, 5.41) is 6.64. The number of carbonyl (C=O) groups is 1. The topological polar surface area (TPSA) is 92.3 Å². The molecule has 186 valence electrons. The number of nitrogens with zero attached hydrogens (tertiary/aromatic N) is 3. The van der Waals surface area contributed by atoms with Gasteiger partial charge in [-0.1, -0.05) is 48.5 Å². The highest BCUT2D eigenvalue weighted by Crippen LogP contribution is 2.37. The lowest BCUT2D eigenvalue weighted by Crippen LogP contribution is -2.41. The quantitative estimate of drug-likeness (QED) is 0.241. The van der Waals surface area contributed by atoms with Crippen molar-refractivity contribution in [3.05, 3.63) is 66.3 Å². The number of piperidine rings is 1. The number of hydrogen-bond acceptors (Lipinski definition) is 7. The number of thiophene rings is 1. The van der Waals surface area contributed by atoms with Gasteiger partial charge in [0.15, 0.2) is 0 Å². The molecule has 4 aromatic rings. The van der Waals surface area contributed by atoms with E-state index in [1.165, 1.54) is 18.1 Å². The standard InChI is InChI=1S/C26H26N4O3S3/c1-18-7-5-6-14-30(18)36(32,33)21-12-10-20(11-13-21)29-23(31)16-35-26-24-22(19-8-3-2-4-9-19)15-34-25(24)27-17-28-26/h2-4,8-13,15,17-18H,5-7,14,16H2,1H3,(H,29,31)/t18-/m0/s1. The van der Waals surface area contributed by atoms with Crippen LogP contribution >= 0.6 is 23.1 Å². The molecule has 2 aromatic heterocycles. The second kappa shape index (κ2) is 10.7. The van der Waals surface area contributed by atoms with E-state index in [-0.39, 0.29) is 22.6 Å². The molecule has 0 radical (unpaired) electrons. The van der Waals surface area contributed by atoms with E-state index in [0.717, 1.165) is 45.6 Å². The second-order valence-electron chi connectivity index (χ2n) is 8.70. The van der Waals surface area contributed by atoms with Crippen LogP contribution in [0.4, 0.5) is 5.69 Å². The molecule has 0 unspecified atom stereocenters. The first-order chi connectivity index (χ1) is 17.4. The van der Waals surface area contributed by atoms with Crippen LogP contribution in [0.1, 0.15) is 26.2 Å². The molecule has 1 amide bonds. The molecule has 1 aliphatic heterocycles. The third-order valence-corrected chi connectivity index (χ3v) is 10.2. The van der Waals surface area contributed by atoms with Gasteiger partial charge in [0.25, 0.3) is 0 Å². The molecule has 7 nitrogen and oxygen atoms in total. The van der Waals surface area contributed by atoms with Crippen molar-refractivity contribution in [3.8, 4) is 11.1 Å². The third kappa shape index (κ3) is 5.17. The Labute approximate surface area is 219 Å². The van der Waals surface area contributed by atoms with Gasteiger partial charge in [-0.2, -0.15) is 4.31 Å². The van der Waals surface area contributed by atoms with Crippen LogP contribution in [-0.4, -0.2) is 46.9 Å². The zero-order chi connectivity index (χ0) is 25.1. The van der Waals surface area contributed by atoms with Gasteiger partial charge in [0.05, 0.1) is 16.0 Å². The predicted molar refractivity (Wildman–Crippen MR) is 146 cm³/mol. The van der Waals surface area contributed by atoms with Crippen molar-refractivity contribution in [1.82, 2.24) is 14.3 Å². The number of carbonyl (C=O) groups excluding carboxylic acids is 1. The lowest BCUT2D eigenvalue weighted by atomic mass is 10.1. The van der Waals surface area contributed by atoms with Gasteiger partial charge < -0.3 is 5.32 Å². The van der Waals surface area contributed by atoms with Crippen molar-refractivity contribution >= 4 is 54.9 Å². The molecule has 0 spiro atoms. The van der Waals surface area contributed by atoms with Crippen LogP contribution in [0.2, 0.25) is 0 Å². The van der Waals surface area contributed by atoms with Crippen molar-refractivity contribution in [2.24, 2.45) is 0 Å². The number of fused-ring (bicyclic) bond motifs is 1. The Hall–Kier alpha value is -2.79. The van der Waals surface area contributed by atoms with Crippen LogP contribution in [0.15, 0.2) is 76.2 Å². The minimum atomic E-state index is -3.54. The molecule has 0 aliphatic carbocycles. The first-order valence-corrected chi connectivity index (χ1v) is 15.1. The van der Waals surface area contributed by atoms with E-state index in [4.69, 9.17) is 0 Å². The summed E-state index contributed by atoms with van der Waals surface area (Å²) in [6.45, 7) is 2.50. The molecule has 1 fully saturated rings. The van der Waals surface area contributed by atoms with Crippen LogP contribution in [0, 0.1) is 0 Å². The Morgan fingerprint density at radius 1 is 1.11 bits per heavy atom. The average Bonchev–Trinajstić information content (AvgIpc) is 3.33. The molecule has 36 heavy (non-hydrogen) atoms. The molecule has 10 heteroatoms. The summed E-state index contributed by atoms with van der Waals surface area (Å²) in [6, 6.07) is 16.5. The summed E-state index contributed by atoms with van der Waals surface area (Å²) in [6.07, 6.45) is 4.33. The molecule has 1 saturated heterocycles. The second-order valence-corrected chi connectivity index (χ2v) is 12.4. The number of nitrogens with one attached hydrogen (secondary N) is 1. The molecule has 3 heterocycles. The fourth-order valence-corrected chi connectivity index (χ4v) is 7.89. The number of aromatic nitrogens is 2. The Kier molecular flexibility index (Phi) is 7.38. The van der Waals surface area contributed by atoms with E-state index in [9.17, 15) is 13.2 Å². The van der Waals surface area contributed by atoms with Crippen molar-refractivity contribution in [2.45, 2.75) is 42.1 Å². The number of amides is 1. The zero-order valence-electron chi connectivity index (χ0n) is 19.8. The smallest absolute Gasteiger partial charge is 0.243 e. The summed E-state index contributed by atoms with van der Waals surface area (Å²) < 4.78 is 27.6. The van der Waals surface area contributed by atoms with Gasteiger partial charge in [-0.05, 0) is 49.6 Å². The Morgan fingerprint density at radius 2 is 1.89 bits per heavy atom. The minimum Gasteiger partial charge on any atom is -0.325 e. The first kappa shape index (κ1) is 24.9. The fourth-order valence-electron chi connectivity index (χ4n) is 4.39. The Morgan fingerprint density at radius 3 is 2.64 bits per heavy atom. The predicted octanol–water partition coefficient (Wildman–Crippen LogP) is 5.65. The van der Waals surface area contributed by atoms with E-state index in [2.05, 4.69) is 20.7 Å². The van der Waals surface area contributed by atoms with Gasteiger partial charge in [0, 0.05) is 29.2 Å². The van der Waals surface area contributed by atoms with Crippen LogP contribution in [0.3, 0.4) is 0 Å². The Bertz CT molecular complexity index is 1470. The molecular weight excluding hydrogens is 513 g/mol. The average molecular weight is 539 g/mol. The molecule has 0 bridgehead atoms. The van der Waals surface area contributed by atoms with Crippen LogP contribution in [0.5, 0.6) is 0 Å². The number of anilines is 1. The lowest BCUT2D eigenvalue weighted by molar-refractivity contribution is -0.113. The number of thioether (sulfide) groups is 1.